The van der Waals surface area contributed by atoms with Gasteiger partial charge in [-0.1, -0.05) is 18.2 Å². The number of aromatic nitrogens is 2. The third-order valence-corrected chi connectivity index (χ3v) is 6.91. The molecular weight excluding hydrogens is 414 g/mol. The molecule has 4 rings (SSSR count). The van der Waals surface area contributed by atoms with Gasteiger partial charge in [-0.3, -0.25) is 14.5 Å². The van der Waals surface area contributed by atoms with Crippen LogP contribution in [0.5, 0.6) is 0 Å². The molecule has 7 heteroatoms. The number of likely N-dealkylation sites (N-methyl/N-ethyl adjacent to an activating group) is 1. The molecule has 0 saturated carbocycles. The van der Waals surface area contributed by atoms with E-state index in [9.17, 15) is 9.59 Å². The molecule has 0 radical (unpaired) electrons. The first-order chi connectivity index (χ1) is 15.9. The lowest BCUT2D eigenvalue weighted by Gasteiger charge is -2.36. The number of hydrogen-bond donors (Lipinski definition) is 2. The van der Waals surface area contributed by atoms with Crippen LogP contribution >= 0.6 is 0 Å². The van der Waals surface area contributed by atoms with Crippen LogP contribution in [-0.2, 0) is 13.0 Å². The van der Waals surface area contributed by atoms with Gasteiger partial charge < -0.3 is 19.8 Å². The zero-order valence-corrected chi connectivity index (χ0v) is 19.9. The van der Waals surface area contributed by atoms with Crippen LogP contribution in [-0.4, -0.2) is 71.1 Å². The lowest BCUT2D eigenvalue weighted by molar-refractivity contribution is 0.0932. The summed E-state index contributed by atoms with van der Waals surface area (Å²) in [7, 11) is 2.15. The molecule has 1 aliphatic heterocycles. The number of para-hydroxylation sites is 1. The molecule has 0 aliphatic carbocycles. The Morgan fingerprint density at radius 1 is 1.15 bits per heavy atom. The largest absolute Gasteiger partial charge is 0.361 e. The molecule has 1 aliphatic rings. The van der Waals surface area contributed by atoms with Crippen LogP contribution in [0.2, 0.25) is 0 Å². The highest BCUT2D eigenvalue weighted by atomic mass is 16.2. The average Bonchev–Trinajstić information content (AvgIpc) is 3.22. The van der Waals surface area contributed by atoms with Crippen molar-refractivity contribution >= 4 is 16.8 Å². The van der Waals surface area contributed by atoms with Crippen LogP contribution in [0, 0.1) is 6.92 Å². The van der Waals surface area contributed by atoms with Gasteiger partial charge in [0.1, 0.15) is 5.56 Å². The van der Waals surface area contributed by atoms with Gasteiger partial charge in [0.05, 0.1) is 0 Å². The Morgan fingerprint density at radius 3 is 2.70 bits per heavy atom. The number of nitrogens with zero attached hydrogens (tertiary/aromatic N) is 3. The molecule has 0 bridgehead atoms. The van der Waals surface area contributed by atoms with E-state index < -0.39 is 0 Å². The molecule has 1 amide bonds. The molecule has 176 valence electrons. The minimum Gasteiger partial charge on any atom is -0.361 e. The molecule has 33 heavy (non-hydrogen) atoms. The summed E-state index contributed by atoms with van der Waals surface area (Å²) in [5.74, 6) is -0.274. The number of carbonyl (C=O) groups excluding carboxylic acids is 1. The third kappa shape index (κ3) is 5.37. The summed E-state index contributed by atoms with van der Waals surface area (Å²) in [4.78, 5) is 34.1. The van der Waals surface area contributed by atoms with Crippen molar-refractivity contribution in [1.29, 1.82) is 0 Å². The Kier molecular flexibility index (Phi) is 7.30. The maximum Gasteiger partial charge on any atom is 0.263 e. The molecule has 3 heterocycles. The van der Waals surface area contributed by atoms with Gasteiger partial charge in [-0.15, -0.1) is 0 Å². The van der Waals surface area contributed by atoms with Crippen molar-refractivity contribution in [2.45, 2.75) is 39.3 Å². The zero-order valence-electron chi connectivity index (χ0n) is 19.9. The number of aromatic amines is 1. The van der Waals surface area contributed by atoms with E-state index in [1.165, 1.54) is 10.9 Å². The van der Waals surface area contributed by atoms with E-state index in [-0.39, 0.29) is 17.0 Å². The fourth-order valence-electron chi connectivity index (χ4n) is 4.62. The van der Waals surface area contributed by atoms with Gasteiger partial charge in [0.2, 0.25) is 0 Å². The SMILES string of the molecule is Cc1ccn(CCc2c[nH]c3ccccc23)c(=O)c1C(=O)NCCC(C)N1CCN(C)CC1. The van der Waals surface area contributed by atoms with Crippen molar-refractivity contribution in [3.63, 3.8) is 0 Å². The molecule has 1 aromatic carbocycles. The van der Waals surface area contributed by atoms with E-state index in [4.69, 9.17) is 0 Å². The lowest BCUT2D eigenvalue weighted by atomic mass is 10.1. The van der Waals surface area contributed by atoms with E-state index >= 15 is 0 Å². The van der Waals surface area contributed by atoms with Crippen molar-refractivity contribution < 1.29 is 4.79 Å². The Labute approximate surface area is 195 Å². The van der Waals surface area contributed by atoms with E-state index in [2.05, 4.69) is 40.1 Å². The summed E-state index contributed by atoms with van der Waals surface area (Å²) in [6.45, 7) is 9.42. The highest BCUT2D eigenvalue weighted by Gasteiger charge is 2.20. The summed E-state index contributed by atoms with van der Waals surface area (Å²) in [5, 5.41) is 4.16. The number of H-pyrrole nitrogens is 1. The maximum absolute atomic E-state index is 13.1. The molecule has 1 fully saturated rings. The van der Waals surface area contributed by atoms with Crippen LogP contribution < -0.4 is 10.9 Å². The van der Waals surface area contributed by atoms with E-state index in [1.54, 1.807) is 10.8 Å². The third-order valence-electron chi connectivity index (χ3n) is 6.91. The average molecular weight is 450 g/mol. The molecule has 2 N–H and O–H groups in total. The monoisotopic (exact) mass is 449 g/mol. The minimum atomic E-state index is -0.274. The second-order valence-electron chi connectivity index (χ2n) is 9.21. The predicted octanol–water partition coefficient (Wildman–Crippen LogP) is 2.64. The first-order valence-corrected chi connectivity index (χ1v) is 11.9. The molecule has 7 nitrogen and oxygen atoms in total. The van der Waals surface area contributed by atoms with Crippen molar-refractivity contribution in [2.75, 3.05) is 39.8 Å². The van der Waals surface area contributed by atoms with Crippen molar-refractivity contribution in [1.82, 2.24) is 24.7 Å². The molecule has 1 atom stereocenters. The quantitative estimate of drug-likeness (QED) is 0.555. The number of benzene rings is 1. The van der Waals surface area contributed by atoms with Crippen LogP contribution in [0.15, 0.2) is 47.5 Å². The van der Waals surface area contributed by atoms with Crippen LogP contribution in [0.3, 0.4) is 0 Å². The van der Waals surface area contributed by atoms with Crippen LogP contribution in [0.4, 0.5) is 0 Å². The number of rotatable bonds is 8. The van der Waals surface area contributed by atoms with Gasteiger partial charge in [0.25, 0.3) is 11.5 Å². The van der Waals surface area contributed by atoms with E-state index in [1.807, 2.05) is 37.4 Å². The number of amides is 1. The summed E-state index contributed by atoms with van der Waals surface area (Å²) in [6, 6.07) is 10.4. The fraction of sp³-hybridized carbons (Fsp3) is 0.462. The number of carbonyl (C=O) groups is 1. The Morgan fingerprint density at radius 2 is 1.91 bits per heavy atom. The molecule has 1 saturated heterocycles. The van der Waals surface area contributed by atoms with Crippen molar-refractivity contribution in [3.8, 4) is 0 Å². The highest BCUT2D eigenvalue weighted by Crippen LogP contribution is 2.18. The molecule has 3 aromatic rings. The fourth-order valence-corrected chi connectivity index (χ4v) is 4.62. The summed E-state index contributed by atoms with van der Waals surface area (Å²) < 4.78 is 1.65. The van der Waals surface area contributed by atoms with E-state index in [0.717, 1.165) is 44.5 Å². The lowest BCUT2D eigenvalue weighted by Crippen LogP contribution is -2.48. The number of hydrogen-bond acceptors (Lipinski definition) is 4. The van der Waals surface area contributed by atoms with Crippen LogP contribution in [0.1, 0.15) is 34.8 Å². The normalized spacial score (nSPS) is 16.2. The number of aryl methyl sites for hydroxylation is 3. The van der Waals surface area contributed by atoms with Gasteiger partial charge in [-0.25, -0.2) is 0 Å². The standard InChI is InChI=1S/C26H35N5O2/c1-19-9-12-31(13-10-21-18-28-23-7-5-4-6-22(21)23)26(33)24(19)25(32)27-11-8-20(2)30-16-14-29(3)15-17-30/h4-7,9,12,18,20,28H,8,10-11,13-17H2,1-3H3,(H,27,32). The number of pyridine rings is 1. The van der Waals surface area contributed by atoms with Gasteiger partial charge in [-0.2, -0.15) is 0 Å². The maximum atomic E-state index is 13.1. The van der Waals surface area contributed by atoms with E-state index in [0.29, 0.717) is 24.7 Å². The summed E-state index contributed by atoms with van der Waals surface area (Å²) in [5.41, 5.74) is 3.01. The molecule has 1 unspecified atom stereocenters. The number of piperazine rings is 1. The second-order valence-corrected chi connectivity index (χ2v) is 9.21. The van der Waals surface area contributed by atoms with Crippen molar-refractivity contribution in [2.24, 2.45) is 0 Å². The van der Waals surface area contributed by atoms with Gasteiger partial charge in [0.15, 0.2) is 0 Å². The Bertz CT molecular complexity index is 1160. The molecule has 2 aromatic heterocycles. The number of fused-ring (bicyclic) bond motifs is 1. The minimum absolute atomic E-state index is 0.223. The zero-order chi connectivity index (χ0) is 23.4. The predicted molar refractivity (Wildman–Crippen MR) is 133 cm³/mol. The number of nitrogens with one attached hydrogen (secondary N) is 2. The van der Waals surface area contributed by atoms with Crippen LogP contribution in [0.25, 0.3) is 10.9 Å². The highest BCUT2D eigenvalue weighted by molar-refractivity contribution is 5.95. The smallest absolute Gasteiger partial charge is 0.263 e. The molecular formula is C26H35N5O2. The topological polar surface area (TPSA) is 73.4 Å². The second kappa shape index (κ2) is 10.4. The van der Waals surface area contributed by atoms with Gasteiger partial charge in [0, 0.05) is 68.6 Å². The van der Waals surface area contributed by atoms with Crippen molar-refractivity contribution in [3.05, 3.63) is 69.8 Å². The van der Waals surface area contributed by atoms with Gasteiger partial charge in [-0.05, 0) is 57.0 Å². The first kappa shape index (κ1) is 23.3. The molecule has 0 spiro atoms. The summed E-state index contributed by atoms with van der Waals surface area (Å²) >= 11 is 0. The van der Waals surface area contributed by atoms with Gasteiger partial charge >= 0.3 is 0 Å². The Hall–Kier alpha value is -2.90. The Balaban J connectivity index is 1.36. The summed E-state index contributed by atoms with van der Waals surface area (Å²) in [6.07, 6.45) is 5.38. The first-order valence-electron chi connectivity index (χ1n) is 11.9.